The molecule has 0 unspecified atom stereocenters. The molecule has 2 aromatic carbocycles. The van der Waals surface area contributed by atoms with Crippen molar-refractivity contribution >= 4 is 44.6 Å². The van der Waals surface area contributed by atoms with E-state index < -0.39 is 10.0 Å². The van der Waals surface area contributed by atoms with Gasteiger partial charge >= 0.3 is 0 Å². The summed E-state index contributed by atoms with van der Waals surface area (Å²) in [4.78, 5) is 13.0. The van der Waals surface area contributed by atoms with Crippen LogP contribution in [0.1, 0.15) is 28.1 Å². The van der Waals surface area contributed by atoms with Crippen molar-refractivity contribution in [2.24, 2.45) is 0 Å². The summed E-state index contributed by atoms with van der Waals surface area (Å²) < 4.78 is 28.0. The van der Waals surface area contributed by atoms with Crippen LogP contribution in [-0.2, 0) is 16.6 Å². The van der Waals surface area contributed by atoms with Crippen LogP contribution >= 0.6 is 22.9 Å². The Morgan fingerprint density at radius 3 is 2.38 bits per heavy atom. The topological polar surface area (TPSA) is 78.5 Å². The first-order valence-electron chi connectivity index (χ1n) is 10.4. The monoisotopic (exact) mass is 489 g/mol. The molecular formula is C23H24ClN3O3S2. The molecule has 0 bridgehead atoms. The highest BCUT2D eigenvalue weighted by molar-refractivity contribution is 7.91. The van der Waals surface area contributed by atoms with Gasteiger partial charge in [-0.2, -0.15) is 4.31 Å². The molecule has 0 aliphatic carbocycles. The molecule has 1 aliphatic rings. The minimum Gasteiger partial charge on any atom is -0.382 e. The van der Waals surface area contributed by atoms with Crippen LogP contribution in [0.2, 0.25) is 5.02 Å². The van der Waals surface area contributed by atoms with Gasteiger partial charge in [-0.15, -0.1) is 11.3 Å². The molecule has 6 nitrogen and oxygen atoms in total. The Bertz CT molecular complexity index is 1160. The molecule has 1 saturated heterocycles. The summed E-state index contributed by atoms with van der Waals surface area (Å²) in [5.74, 6) is -0.182. The standard InChI is InChI=1S/C23H24ClN3O3S2/c24-18-6-8-19(9-7-18)26-20-12-14-27(15-13-20)32(29,30)22-11-10-21(31-22)16-25-23(28)17-4-2-1-3-5-17/h1-11,20,26H,12-16H2,(H,25,28). The van der Waals surface area contributed by atoms with Crippen molar-refractivity contribution in [2.75, 3.05) is 18.4 Å². The van der Waals surface area contributed by atoms with Crippen molar-refractivity contribution < 1.29 is 13.2 Å². The highest BCUT2D eigenvalue weighted by Gasteiger charge is 2.30. The number of anilines is 1. The van der Waals surface area contributed by atoms with Gasteiger partial charge in [-0.25, -0.2) is 8.42 Å². The minimum absolute atomic E-state index is 0.182. The van der Waals surface area contributed by atoms with Crippen LogP contribution in [-0.4, -0.2) is 37.8 Å². The lowest BCUT2D eigenvalue weighted by atomic mass is 10.1. The molecule has 2 N–H and O–H groups in total. The quantitative estimate of drug-likeness (QED) is 0.508. The van der Waals surface area contributed by atoms with Gasteiger partial charge in [0.1, 0.15) is 4.21 Å². The molecule has 1 fully saturated rings. The number of hydrogen-bond acceptors (Lipinski definition) is 5. The van der Waals surface area contributed by atoms with E-state index >= 15 is 0 Å². The lowest BCUT2D eigenvalue weighted by Gasteiger charge is -2.31. The van der Waals surface area contributed by atoms with E-state index in [-0.39, 0.29) is 11.9 Å². The van der Waals surface area contributed by atoms with Crippen LogP contribution in [0.4, 0.5) is 5.69 Å². The van der Waals surface area contributed by atoms with E-state index in [2.05, 4.69) is 10.6 Å². The molecule has 168 valence electrons. The number of amides is 1. The van der Waals surface area contributed by atoms with Crippen LogP contribution in [0.25, 0.3) is 0 Å². The number of carbonyl (C=O) groups is 1. The van der Waals surface area contributed by atoms with E-state index in [9.17, 15) is 13.2 Å². The molecule has 3 aromatic rings. The number of piperidine rings is 1. The maximum absolute atomic E-state index is 13.1. The summed E-state index contributed by atoms with van der Waals surface area (Å²) in [5.41, 5.74) is 1.56. The van der Waals surface area contributed by atoms with Crippen LogP contribution in [0, 0.1) is 0 Å². The molecule has 9 heteroatoms. The van der Waals surface area contributed by atoms with Crippen LogP contribution in [0.3, 0.4) is 0 Å². The van der Waals surface area contributed by atoms with Gasteiger partial charge in [-0.1, -0.05) is 29.8 Å². The molecule has 32 heavy (non-hydrogen) atoms. The predicted molar refractivity (Wildman–Crippen MR) is 129 cm³/mol. The Labute approximate surface area is 197 Å². The molecule has 4 rings (SSSR count). The Kier molecular flexibility index (Phi) is 7.15. The largest absolute Gasteiger partial charge is 0.382 e. The minimum atomic E-state index is -3.54. The number of thiophene rings is 1. The van der Waals surface area contributed by atoms with Crippen molar-refractivity contribution in [3.8, 4) is 0 Å². The Morgan fingerprint density at radius 2 is 1.69 bits per heavy atom. The van der Waals surface area contributed by atoms with Crippen LogP contribution in [0.15, 0.2) is 70.9 Å². The number of hydrogen-bond donors (Lipinski definition) is 2. The third kappa shape index (κ3) is 5.50. The number of rotatable bonds is 7. The second-order valence-corrected chi connectivity index (χ2v) is 11.4. The van der Waals surface area contributed by atoms with Gasteiger partial charge in [0.05, 0.1) is 6.54 Å². The molecule has 0 saturated carbocycles. The Hall–Kier alpha value is -2.39. The fourth-order valence-corrected chi connectivity index (χ4v) is 6.65. The molecule has 1 aliphatic heterocycles. The average molecular weight is 490 g/mol. The SMILES string of the molecule is O=C(NCc1ccc(S(=O)(=O)N2CCC(Nc3ccc(Cl)cc3)CC2)s1)c1ccccc1. The van der Waals surface area contributed by atoms with Gasteiger partial charge in [-0.3, -0.25) is 4.79 Å². The van der Waals surface area contributed by atoms with Crippen molar-refractivity contribution in [3.63, 3.8) is 0 Å². The van der Waals surface area contributed by atoms with Crippen molar-refractivity contribution in [2.45, 2.75) is 29.6 Å². The zero-order valence-electron chi connectivity index (χ0n) is 17.3. The highest BCUT2D eigenvalue weighted by atomic mass is 35.5. The number of carbonyl (C=O) groups excluding carboxylic acids is 1. The van der Waals surface area contributed by atoms with Gasteiger partial charge < -0.3 is 10.6 Å². The number of nitrogens with zero attached hydrogens (tertiary/aromatic N) is 1. The van der Waals surface area contributed by atoms with E-state index in [1.54, 1.807) is 40.7 Å². The summed E-state index contributed by atoms with van der Waals surface area (Å²) in [5, 5.41) is 6.97. The number of halogens is 1. The normalized spacial score (nSPS) is 15.4. The maximum Gasteiger partial charge on any atom is 0.252 e. The van der Waals surface area contributed by atoms with Crippen LogP contribution in [0.5, 0.6) is 0 Å². The molecule has 1 amide bonds. The molecule has 2 heterocycles. The predicted octanol–water partition coefficient (Wildman–Crippen LogP) is 4.60. The molecule has 0 spiro atoms. The summed E-state index contributed by atoms with van der Waals surface area (Å²) in [6.45, 7) is 1.22. The van der Waals surface area contributed by atoms with Crippen LogP contribution < -0.4 is 10.6 Å². The van der Waals surface area contributed by atoms with Gasteiger partial charge in [0.25, 0.3) is 15.9 Å². The van der Waals surface area contributed by atoms with Gasteiger partial charge in [-0.05, 0) is 61.4 Å². The maximum atomic E-state index is 13.1. The molecular weight excluding hydrogens is 466 g/mol. The zero-order chi connectivity index (χ0) is 22.6. The number of benzene rings is 2. The summed E-state index contributed by atoms with van der Waals surface area (Å²) in [6.07, 6.45) is 1.46. The zero-order valence-corrected chi connectivity index (χ0v) is 19.7. The van der Waals surface area contributed by atoms with Gasteiger partial charge in [0.15, 0.2) is 0 Å². The first kappa shape index (κ1) is 22.8. The van der Waals surface area contributed by atoms with E-state index in [0.717, 1.165) is 23.4 Å². The fraction of sp³-hybridized carbons (Fsp3) is 0.261. The lowest BCUT2D eigenvalue weighted by Crippen LogP contribution is -2.42. The smallest absolute Gasteiger partial charge is 0.252 e. The van der Waals surface area contributed by atoms with Crippen molar-refractivity contribution in [1.82, 2.24) is 9.62 Å². The third-order valence-electron chi connectivity index (χ3n) is 5.36. The summed E-state index contributed by atoms with van der Waals surface area (Å²) in [7, 11) is -3.54. The fourth-order valence-electron chi connectivity index (χ4n) is 3.60. The average Bonchev–Trinajstić information content (AvgIpc) is 3.30. The molecule has 1 aromatic heterocycles. The van der Waals surface area contributed by atoms with E-state index in [0.29, 0.717) is 34.4 Å². The highest BCUT2D eigenvalue weighted by Crippen LogP contribution is 2.28. The summed E-state index contributed by atoms with van der Waals surface area (Å²) in [6, 6.07) is 20.1. The molecule has 0 radical (unpaired) electrons. The second kappa shape index (κ2) is 10.0. The number of sulfonamides is 1. The Morgan fingerprint density at radius 1 is 1.00 bits per heavy atom. The number of nitrogens with one attached hydrogen (secondary N) is 2. The van der Waals surface area contributed by atoms with E-state index in [1.807, 2.05) is 30.3 Å². The second-order valence-electron chi connectivity index (χ2n) is 7.60. The summed E-state index contributed by atoms with van der Waals surface area (Å²) >= 11 is 7.13. The van der Waals surface area contributed by atoms with E-state index in [4.69, 9.17) is 11.6 Å². The van der Waals surface area contributed by atoms with Crippen molar-refractivity contribution in [1.29, 1.82) is 0 Å². The van der Waals surface area contributed by atoms with E-state index in [1.165, 1.54) is 11.3 Å². The van der Waals surface area contributed by atoms with Gasteiger partial charge in [0.2, 0.25) is 0 Å². The lowest BCUT2D eigenvalue weighted by molar-refractivity contribution is 0.0951. The first-order valence-corrected chi connectivity index (χ1v) is 13.0. The molecule has 0 atom stereocenters. The Balaban J connectivity index is 1.31. The first-order chi connectivity index (χ1) is 15.4. The van der Waals surface area contributed by atoms with Crippen molar-refractivity contribution in [3.05, 3.63) is 82.2 Å². The van der Waals surface area contributed by atoms with Gasteiger partial charge in [0, 0.05) is 40.3 Å². The third-order valence-corrected chi connectivity index (χ3v) is 9.06.